The third-order valence-corrected chi connectivity index (χ3v) is 5.29. The Morgan fingerprint density at radius 2 is 2.23 bits per heavy atom. The van der Waals surface area contributed by atoms with Gasteiger partial charge >= 0.3 is 0 Å². The topological polar surface area (TPSA) is 90.7 Å². The molecule has 6 nitrogen and oxygen atoms in total. The number of nitrogens with zero attached hydrogens (tertiary/aromatic N) is 3. The number of carbonyl (C=O) groups is 1. The number of anilines is 1. The number of amides is 1. The van der Waals surface area contributed by atoms with Gasteiger partial charge in [-0.05, 0) is 19.8 Å². The van der Waals surface area contributed by atoms with Crippen LogP contribution in [0.25, 0.3) is 0 Å². The fraction of sp³-hybridized carbons (Fsp3) is 0.571. The Hall–Kier alpha value is -1.59. The molecule has 1 heterocycles. The molecule has 0 saturated heterocycles. The molecule has 0 saturated carbocycles. The molecule has 2 N–H and O–H groups in total. The second-order valence-electron chi connectivity index (χ2n) is 5.26. The fourth-order valence-electron chi connectivity index (χ4n) is 1.35. The maximum absolute atomic E-state index is 12.2. The molecule has 0 radical (unpaired) electrons. The van der Waals surface area contributed by atoms with E-state index in [9.17, 15) is 10.1 Å². The van der Waals surface area contributed by atoms with E-state index in [0.29, 0.717) is 16.0 Å². The lowest BCUT2D eigenvalue weighted by molar-refractivity contribution is -0.121. The zero-order valence-corrected chi connectivity index (χ0v) is 14.8. The highest BCUT2D eigenvalue weighted by Crippen LogP contribution is 2.29. The van der Waals surface area contributed by atoms with Crippen LogP contribution in [-0.2, 0) is 4.79 Å². The van der Waals surface area contributed by atoms with Crippen molar-refractivity contribution >= 4 is 34.1 Å². The summed E-state index contributed by atoms with van der Waals surface area (Å²) in [5, 5.41) is 23.5. The molecule has 22 heavy (non-hydrogen) atoms. The van der Waals surface area contributed by atoms with E-state index in [4.69, 9.17) is 0 Å². The van der Waals surface area contributed by atoms with Gasteiger partial charge in [0.1, 0.15) is 5.54 Å². The van der Waals surface area contributed by atoms with Crippen molar-refractivity contribution < 1.29 is 4.79 Å². The number of hydrogen-bond acceptors (Lipinski definition) is 7. The van der Waals surface area contributed by atoms with Crippen LogP contribution in [0.5, 0.6) is 0 Å². The minimum Gasteiger partial charge on any atom is -0.357 e. The van der Waals surface area contributed by atoms with Crippen molar-refractivity contribution in [1.82, 2.24) is 15.5 Å². The molecule has 2 atom stereocenters. The number of carbonyl (C=O) groups excluding carboxylic acids is 1. The molecule has 0 fully saturated rings. The molecule has 0 aliphatic rings. The lowest BCUT2D eigenvalue weighted by Gasteiger charge is -2.28. The van der Waals surface area contributed by atoms with E-state index in [1.54, 1.807) is 19.9 Å². The molecule has 1 amide bonds. The smallest absolute Gasteiger partial charge is 0.234 e. The Bertz CT molecular complexity index is 566. The quantitative estimate of drug-likeness (QED) is 0.559. The minimum absolute atomic E-state index is 0.0230. The molecule has 0 spiro atoms. The zero-order chi connectivity index (χ0) is 16.8. The van der Waals surface area contributed by atoms with Crippen LogP contribution in [0.4, 0.5) is 5.13 Å². The van der Waals surface area contributed by atoms with Gasteiger partial charge in [0.05, 0.1) is 11.3 Å². The highest BCUT2D eigenvalue weighted by atomic mass is 32.2. The normalized spacial score (nSPS) is 14.7. The van der Waals surface area contributed by atoms with E-state index < -0.39 is 5.54 Å². The predicted molar refractivity (Wildman–Crippen MR) is 90.9 cm³/mol. The first-order chi connectivity index (χ1) is 10.3. The van der Waals surface area contributed by atoms with Crippen LogP contribution in [-0.4, -0.2) is 33.4 Å². The summed E-state index contributed by atoms with van der Waals surface area (Å²) in [7, 11) is 0. The number of aromatic nitrogens is 2. The summed E-state index contributed by atoms with van der Waals surface area (Å²) in [4.78, 5) is 12.2. The number of rotatable bonds is 8. The molecular weight excluding hydrogens is 318 g/mol. The highest BCUT2D eigenvalue weighted by molar-refractivity contribution is 8.02. The van der Waals surface area contributed by atoms with Gasteiger partial charge in [0.25, 0.3) is 0 Å². The van der Waals surface area contributed by atoms with Gasteiger partial charge in [-0.2, -0.15) is 5.26 Å². The SMILES string of the molecule is C=CCNc1nnc(S[C@@H](C)C(=O)N[C@](C)(C#N)C(C)C)s1. The number of thioether (sulfide) groups is 1. The molecule has 1 aromatic rings. The number of hydrogen-bond donors (Lipinski definition) is 2. The molecule has 0 bridgehead atoms. The van der Waals surface area contributed by atoms with Crippen molar-refractivity contribution in [2.24, 2.45) is 5.92 Å². The maximum atomic E-state index is 12.2. The Balaban J connectivity index is 2.63. The average Bonchev–Trinajstić information content (AvgIpc) is 2.92. The van der Waals surface area contributed by atoms with Gasteiger partial charge in [-0.3, -0.25) is 4.79 Å². The Morgan fingerprint density at radius 3 is 2.77 bits per heavy atom. The van der Waals surface area contributed by atoms with Crippen molar-refractivity contribution in [2.75, 3.05) is 11.9 Å². The molecule has 0 aliphatic carbocycles. The van der Waals surface area contributed by atoms with Crippen LogP contribution >= 0.6 is 23.1 Å². The van der Waals surface area contributed by atoms with Gasteiger partial charge in [-0.15, -0.1) is 16.8 Å². The lowest BCUT2D eigenvalue weighted by atomic mass is 9.90. The van der Waals surface area contributed by atoms with Crippen molar-refractivity contribution in [3.8, 4) is 6.07 Å². The lowest BCUT2D eigenvalue weighted by Crippen LogP contribution is -2.51. The maximum Gasteiger partial charge on any atom is 0.234 e. The highest BCUT2D eigenvalue weighted by Gasteiger charge is 2.32. The van der Waals surface area contributed by atoms with Crippen LogP contribution < -0.4 is 10.6 Å². The molecular formula is C14H21N5OS2. The van der Waals surface area contributed by atoms with E-state index in [-0.39, 0.29) is 17.1 Å². The zero-order valence-electron chi connectivity index (χ0n) is 13.2. The fourth-order valence-corrected chi connectivity index (χ4v) is 3.25. The third kappa shape index (κ3) is 5.00. The second-order valence-corrected chi connectivity index (χ2v) is 7.83. The summed E-state index contributed by atoms with van der Waals surface area (Å²) < 4.78 is 0.706. The van der Waals surface area contributed by atoms with E-state index >= 15 is 0 Å². The van der Waals surface area contributed by atoms with E-state index in [1.165, 1.54) is 23.1 Å². The van der Waals surface area contributed by atoms with Gasteiger partial charge in [-0.1, -0.05) is 43.0 Å². The molecule has 0 aromatic carbocycles. The second kappa shape index (κ2) is 8.15. The number of nitriles is 1. The molecule has 0 unspecified atom stereocenters. The van der Waals surface area contributed by atoms with Gasteiger partial charge in [0.2, 0.25) is 11.0 Å². The molecule has 1 rings (SSSR count). The molecule has 1 aromatic heterocycles. The first-order valence-electron chi connectivity index (χ1n) is 6.90. The minimum atomic E-state index is -0.871. The van der Waals surface area contributed by atoms with Crippen molar-refractivity contribution in [2.45, 2.75) is 42.8 Å². The summed E-state index contributed by atoms with van der Waals surface area (Å²) >= 11 is 2.71. The molecule has 120 valence electrons. The summed E-state index contributed by atoms with van der Waals surface area (Å²) in [6.45, 7) is 11.6. The monoisotopic (exact) mass is 339 g/mol. The third-order valence-electron chi connectivity index (χ3n) is 3.22. The first-order valence-corrected chi connectivity index (χ1v) is 8.60. The van der Waals surface area contributed by atoms with Gasteiger partial charge in [-0.25, -0.2) is 0 Å². The summed E-state index contributed by atoms with van der Waals surface area (Å²) in [6.07, 6.45) is 1.74. The first kappa shape index (κ1) is 18.5. The van der Waals surface area contributed by atoms with E-state index in [0.717, 1.165) is 0 Å². The number of nitrogens with one attached hydrogen (secondary N) is 2. The van der Waals surface area contributed by atoms with Gasteiger partial charge in [0, 0.05) is 6.54 Å². The Morgan fingerprint density at radius 1 is 1.55 bits per heavy atom. The van der Waals surface area contributed by atoms with Crippen molar-refractivity contribution in [3.63, 3.8) is 0 Å². The van der Waals surface area contributed by atoms with Gasteiger partial charge in [0.15, 0.2) is 4.34 Å². The van der Waals surface area contributed by atoms with Crippen molar-refractivity contribution in [3.05, 3.63) is 12.7 Å². The summed E-state index contributed by atoms with van der Waals surface area (Å²) in [6, 6.07) is 2.17. The van der Waals surface area contributed by atoms with Gasteiger partial charge < -0.3 is 10.6 Å². The van der Waals surface area contributed by atoms with Crippen LogP contribution in [0.3, 0.4) is 0 Å². The Labute approximate surface area is 139 Å². The van der Waals surface area contributed by atoms with Crippen LogP contribution in [0.1, 0.15) is 27.7 Å². The largest absolute Gasteiger partial charge is 0.357 e. The summed E-state index contributed by atoms with van der Waals surface area (Å²) in [5.41, 5.74) is -0.871. The molecule has 0 aliphatic heterocycles. The van der Waals surface area contributed by atoms with E-state index in [1.807, 2.05) is 13.8 Å². The van der Waals surface area contributed by atoms with Crippen LogP contribution in [0, 0.1) is 17.2 Å². The Kier molecular flexibility index (Phi) is 6.84. The standard InChI is InChI=1S/C14H21N5OS2/c1-6-7-16-12-18-19-13(22-12)21-10(4)11(20)17-14(5,8-15)9(2)3/h6,9-10H,1,7H2,2-5H3,(H,16,18)(H,17,20)/t10-,14+/m0/s1. The van der Waals surface area contributed by atoms with Crippen molar-refractivity contribution in [1.29, 1.82) is 5.26 Å². The van der Waals surface area contributed by atoms with E-state index in [2.05, 4.69) is 33.5 Å². The van der Waals surface area contributed by atoms with Crippen LogP contribution in [0.15, 0.2) is 17.0 Å². The van der Waals surface area contributed by atoms with Crippen LogP contribution in [0.2, 0.25) is 0 Å². The summed E-state index contributed by atoms with van der Waals surface area (Å²) in [5.74, 6) is -0.159. The average molecular weight is 339 g/mol. The predicted octanol–water partition coefficient (Wildman–Crippen LogP) is 2.67. The molecule has 8 heteroatoms.